The smallest absolute Gasteiger partial charge is 0.137 e. The summed E-state index contributed by atoms with van der Waals surface area (Å²) in [6, 6.07) is 9.40. The zero-order valence-electron chi connectivity index (χ0n) is 15.6. The van der Waals surface area contributed by atoms with E-state index in [1.165, 1.54) is 6.42 Å². The third kappa shape index (κ3) is 3.79. The highest BCUT2D eigenvalue weighted by Gasteiger charge is 2.25. The molecule has 4 rings (SSSR count). The Labute approximate surface area is 169 Å². The lowest BCUT2D eigenvalue weighted by Crippen LogP contribution is -2.38. The number of aromatic nitrogens is 2. The number of hydrogen-bond donors (Lipinski definition) is 1. The Kier molecular flexibility index (Phi) is 5.06. The number of piperidine rings is 1. The summed E-state index contributed by atoms with van der Waals surface area (Å²) in [5, 5.41) is 1.23. The van der Waals surface area contributed by atoms with Crippen LogP contribution in [0.4, 0.5) is 5.69 Å². The quantitative estimate of drug-likeness (QED) is 0.640. The van der Waals surface area contributed by atoms with Crippen LogP contribution in [0, 0.1) is 11.8 Å². The second-order valence-electron chi connectivity index (χ2n) is 7.86. The number of nitrogen functional groups attached to an aromatic ring is 1. The first-order valence-corrected chi connectivity index (χ1v) is 10.1. The molecule has 1 saturated heterocycles. The molecular formula is C21H24Cl2N4. The van der Waals surface area contributed by atoms with E-state index in [0.29, 0.717) is 21.9 Å². The van der Waals surface area contributed by atoms with Crippen molar-refractivity contribution in [3.8, 4) is 11.3 Å². The molecule has 1 aromatic carbocycles. The van der Waals surface area contributed by atoms with Crippen LogP contribution in [0.3, 0.4) is 0 Å². The van der Waals surface area contributed by atoms with Crippen LogP contribution >= 0.6 is 23.2 Å². The van der Waals surface area contributed by atoms with Crippen LogP contribution in [0.5, 0.6) is 0 Å². The zero-order chi connectivity index (χ0) is 19.1. The molecule has 4 nitrogen and oxygen atoms in total. The predicted octanol–water partition coefficient (Wildman–Crippen LogP) is 5.37. The van der Waals surface area contributed by atoms with Crippen LogP contribution < -0.4 is 5.73 Å². The number of anilines is 1. The van der Waals surface area contributed by atoms with E-state index in [-0.39, 0.29) is 0 Å². The number of imidazole rings is 1. The molecule has 3 aromatic rings. The van der Waals surface area contributed by atoms with Gasteiger partial charge in [-0.3, -0.25) is 4.90 Å². The van der Waals surface area contributed by atoms with Gasteiger partial charge in [0.25, 0.3) is 0 Å². The highest BCUT2D eigenvalue weighted by molar-refractivity contribution is 6.36. The summed E-state index contributed by atoms with van der Waals surface area (Å²) < 4.78 is 2.10. The van der Waals surface area contributed by atoms with Crippen molar-refractivity contribution < 1.29 is 0 Å². The Balaban J connectivity index is 1.82. The van der Waals surface area contributed by atoms with E-state index in [2.05, 4.69) is 23.1 Å². The molecule has 2 N–H and O–H groups in total. The number of nitrogens with zero attached hydrogens (tertiary/aromatic N) is 3. The molecule has 2 aromatic heterocycles. The van der Waals surface area contributed by atoms with Gasteiger partial charge in [0.1, 0.15) is 5.65 Å². The molecule has 1 fully saturated rings. The lowest BCUT2D eigenvalue weighted by molar-refractivity contribution is 0.133. The summed E-state index contributed by atoms with van der Waals surface area (Å²) in [5.41, 5.74) is 10.6. The van der Waals surface area contributed by atoms with E-state index < -0.39 is 0 Å². The SMILES string of the molecule is CC1CC(C)CN(Cc2c(-c3ccc(Cl)cc3Cl)nc3ccc(N)cn23)C1. The molecule has 3 heterocycles. The third-order valence-electron chi connectivity index (χ3n) is 5.24. The molecule has 1 aliphatic rings. The van der Waals surface area contributed by atoms with Gasteiger partial charge in [0.05, 0.1) is 16.4 Å². The van der Waals surface area contributed by atoms with Gasteiger partial charge in [-0.15, -0.1) is 0 Å². The lowest BCUT2D eigenvalue weighted by Gasteiger charge is -2.35. The fourth-order valence-electron chi connectivity index (χ4n) is 4.29. The molecule has 2 unspecified atom stereocenters. The lowest BCUT2D eigenvalue weighted by atomic mass is 9.92. The first kappa shape index (κ1) is 18.6. The molecule has 27 heavy (non-hydrogen) atoms. The zero-order valence-corrected chi connectivity index (χ0v) is 17.1. The Morgan fingerprint density at radius 1 is 1.11 bits per heavy atom. The fraction of sp³-hybridized carbons (Fsp3) is 0.381. The number of rotatable bonds is 3. The molecule has 2 atom stereocenters. The van der Waals surface area contributed by atoms with E-state index in [4.69, 9.17) is 33.9 Å². The van der Waals surface area contributed by atoms with Gasteiger partial charge < -0.3 is 10.1 Å². The van der Waals surface area contributed by atoms with E-state index in [1.807, 2.05) is 30.5 Å². The Bertz CT molecular complexity index is 972. The van der Waals surface area contributed by atoms with E-state index >= 15 is 0 Å². The fourth-order valence-corrected chi connectivity index (χ4v) is 4.79. The van der Waals surface area contributed by atoms with Crippen molar-refractivity contribution in [3.05, 3.63) is 52.3 Å². The minimum absolute atomic E-state index is 0.612. The molecule has 0 aliphatic carbocycles. The molecule has 6 heteroatoms. The van der Waals surface area contributed by atoms with Gasteiger partial charge in [-0.2, -0.15) is 0 Å². The number of fused-ring (bicyclic) bond motifs is 1. The second kappa shape index (κ2) is 7.34. The monoisotopic (exact) mass is 402 g/mol. The maximum absolute atomic E-state index is 6.51. The topological polar surface area (TPSA) is 46.6 Å². The van der Waals surface area contributed by atoms with Crippen molar-refractivity contribution in [3.63, 3.8) is 0 Å². The highest BCUT2D eigenvalue weighted by atomic mass is 35.5. The van der Waals surface area contributed by atoms with Crippen molar-refractivity contribution in [2.75, 3.05) is 18.8 Å². The van der Waals surface area contributed by atoms with Crippen LogP contribution in [0.1, 0.15) is 26.0 Å². The number of likely N-dealkylation sites (tertiary alicyclic amines) is 1. The molecular weight excluding hydrogens is 379 g/mol. The van der Waals surface area contributed by atoms with Gasteiger partial charge in [-0.25, -0.2) is 4.98 Å². The minimum Gasteiger partial charge on any atom is -0.398 e. The Morgan fingerprint density at radius 2 is 1.85 bits per heavy atom. The Hall–Kier alpha value is -1.75. The van der Waals surface area contributed by atoms with Crippen molar-refractivity contribution in [1.82, 2.24) is 14.3 Å². The summed E-state index contributed by atoms with van der Waals surface area (Å²) in [7, 11) is 0. The van der Waals surface area contributed by atoms with Gasteiger partial charge in [0.2, 0.25) is 0 Å². The standard InChI is InChI=1S/C21H24Cl2N4/c1-13-7-14(2)10-26(9-13)12-19-21(17-5-3-15(22)8-18(17)23)25-20-6-4-16(24)11-27(19)20/h3-6,8,11,13-14H,7,9-10,12,24H2,1-2H3. The molecule has 142 valence electrons. The number of halogens is 2. The van der Waals surface area contributed by atoms with Crippen LogP contribution in [-0.4, -0.2) is 27.4 Å². The van der Waals surface area contributed by atoms with E-state index in [1.54, 1.807) is 6.07 Å². The molecule has 0 saturated carbocycles. The number of pyridine rings is 1. The largest absolute Gasteiger partial charge is 0.398 e. The Morgan fingerprint density at radius 3 is 2.56 bits per heavy atom. The average Bonchev–Trinajstić information content (AvgIpc) is 2.92. The van der Waals surface area contributed by atoms with Crippen LogP contribution in [-0.2, 0) is 6.54 Å². The van der Waals surface area contributed by atoms with Gasteiger partial charge >= 0.3 is 0 Å². The average molecular weight is 403 g/mol. The van der Waals surface area contributed by atoms with Crippen LogP contribution in [0.2, 0.25) is 10.0 Å². The first-order chi connectivity index (χ1) is 12.9. The molecule has 0 radical (unpaired) electrons. The van der Waals surface area contributed by atoms with Gasteiger partial charge in [-0.05, 0) is 48.6 Å². The van der Waals surface area contributed by atoms with Crippen molar-refractivity contribution in [2.24, 2.45) is 11.8 Å². The number of hydrogen-bond acceptors (Lipinski definition) is 3. The van der Waals surface area contributed by atoms with Gasteiger partial charge in [0.15, 0.2) is 0 Å². The number of benzene rings is 1. The molecule has 0 amide bonds. The summed E-state index contributed by atoms with van der Waals surface area (Å²) in [6.45, 7) is 7.65. The summed E-state index contributed by atoms with van der Waals surface area (Å²) in [6.07, 6.45) is 3.23. The van der Waals surface area contributed by atoms with Crippen LogP contribution in [0.25, 0.3) is 16.9 Å². The molecule has 1 aliphatic heterocycles. The highest BCUT2D eigenvalue weighted by Crippen LogP contribution is 2.34. The van der Waals surface area contributed by atoms with E-state index in [9.17, 15) is 0 Å². The second-order valence-corrected chi connectivity index (χ2v) is 8.71. The molecule has 0 spiro atoms. The van der Waals surface area contributed by atoms with Gasteiger partial charge in [-0.1, -0.05) is 37.0 Å². The predicted molar refractivity (Wildman–Crippen MR) is 113 cm³/mol. The van der Waals surface area contributed by atoms with Crippen molar-refractivity contribution in [1.29, 1.82) is 0 Å². The van der Waals surface area contributed by atoms with Crippen molar-refractivity contribution in [2.45, 2.75) is 26.8 Å². The third-order valence-corrected chi connectivity index (χ3v) is 5.79. The summed E-state index contributed by atoms with van der Waals surface area (Å²) in [5.74, 6) is 1.39. The number of nitrogens with two attached hydrogens (primary N) is 1. The van der Waals surface area contributed by atoms with Crippen LogP contribution in [0.15, 0.2) is 36.5 Å². The van der Waals surface area contributed by atoms with Gasteiger partial charge in [0, 0.05) is 42.1 Å². The maximum Gasteiger partial charge on any atom is 0.137 e. The minimum atomic E-state index is 0.612. The normalized spacial score (nSPS) is 21.0. The van der Waals surface area contributed by atoms with E-state index in [0.717, 1.165) is 47.9 Å². The maximum atomic E-state index is 6.51. The first-order valence-electron chi connectivity index (χ1n) is 9.35. The summed E-state index contributed by atoms with van der Waals surface area (Å²) in [4.78, 5) is 7.38. The molecule has 0 bridgehead atoms. The summed E-state index contributed by atoms with van der Waals surface area (Å²) >= 11 is 12.6. The van der Waals surface area contributed by atoms with Crippen molar-refractivity contribution >= 4 is 34.5 Å².